The summed E-state index contributed by atoms with van der Waals surface area (Å²) in [5.41, 5.74) is 9.54. The molecule has 1 unspecified atom stereocenters. The molecule has 2 aliphatic rings. The van der Waals surface area contributed by atoms with E-state index in [-0.39, 0.29) is 11.8 Å². The Morgan fingerprint density at radius 3 is 3.10 bits per heavy atom. The summed E-state index contributed by atoms with van der Waals surface area (Å²) in [5, 5.41) is 3.82. The van der Waals surface area contributed by atoms with E-state index in [1.165, 1.54) is 5.56 Å². The van der Waals surface area contributed by atoms with Gasteiger partial charge in [0.25, 0.3) is 0 Å². The third-order valence-electron chi connectivity index (χ3n) is 5.48. The number of aromatic nitrogens is 1. The minimum Gasteiger partial charge on any atom is -0.459 e. The highest BCUT2D eigenvalue weighted by molar-refractivity contribution is 5.97. The van der Waals surface area contributed by atoms with Crippen molar-refractivity contribution in [3.63, 3.8) is 0 Å². The molecule has 0 aliphatic carbocycles. The Morgan fingerprint density at radius 2 is 2.21 bits per heavy atom. The number of nitrogens with two attached hydrogens (primary N) is 1. The highest BCUT2D eigenvalue weighted by Gasteiger charge is 2.25. The third kappa shape index (κ3) is 3.19. The standard InChI is InChI=1S/C22H20N4O3/c23-17-10-14-9-13(11-24-21(14)25-22(17)28)5-6-20(27)26-8-7-16-15-3-1-2-4-18(15)29-19(16)12-26/h1-6,9,11,17H,7-8,10,12,23H2,(H,24,25,28)/b6-5+. The Hall–Kier alpha value is -3.45. The number of benzene rings is 1. The summed E-state index contributed by atoms with van der Waals surface area (Å²) in [6.45, 7) is 1.12. The molecule has 0 saturated carbocycles. The summed E-state index contributed by atoms with van der Waals surface area (Å²) in [5.74, 6) is 1.10. The van der Waals surface area contributed by atoms with Crippen LogP contribution in [0.1, 0.15) is 22.5 Å². The van der Waals surface area contributed by atoms with Crippen molar-refractivity contribution in [2.75, 3.05) is 11.9 Å². The number of fused-ring (bicyclic) bond motifs is 4. The molecular formula is C22H20N4O3. The van der Waals surface area contributed by atoms with Crippen molar-refractivity contribution in [1.29, 1.82) is 0 Å². The molecule has 2 amide bonds. The Kier molecular flexibility index (Phi) is 4.17. The molecule has 1 aromatic carbocycles. The molecule has 4 heterocycles. The molecular weight excluding hydrogens is 368 g/mol. The van der Waals surface area contributed by atoms with Gasteiger partial charge in [-0.3, -0.25) is 9.59 Å². The number of para-hydroxylation sites is 1. The number of nitrogens with zero attached hydrogens (tertiary/aromatic N) is 2. The summed E-state index contributed by atoms with van der Waals surface area (Å²) in [6.07, 6.45) is 6.14. The minimum absolute atomic E-state index is 0.0705. The van der Waals surface area contributed by atoms with E-state index >= 15 is 0 Å². The average Bonchev–Trinajstić information content (AvgIpc) is 3.10. The molecule has 7 heteroatoms. The van der Waals surface area contributed by atoms with Crippen molar-refractivity contribution in [2.45, 2.75) is 25.4 Å². The highest BCUT2D eigenvalue weighted by atomic mass is 16.3. The number of anilines is 1. The molecule has 0 bridgehead atoms. The summed E-state index contributed by atoms with van der Waals surface area (Å²) >= 11 is 0. The van der Waals surface area contributed by atoms with E-state index in [0.717, 1.165) is 34.3 Å². The smallest absolute Gasteiger partial charge is 0.246 e. The van der Waals surface area contributed by atoms with Gasteiger partial charge in [0, 0.05) is 36.2 Å². The number of carbonyl (C=O) groups is 2. The van der Waals surface area contributed by atoms with E-state index in [1.807, 2.05) is 24.3 Å². The normalized spacial score (nSPS) is 18.6. The molecule has 0 fully saturated rings. The van der Waals surface area contributed by atoms with Crippen LogP contribution < -0.4 is 11.1 Å². The fourth-order valence-electron chi connectivity index (χ4n) is 3.94. The lowest BCUT2D eigenvalue weighted by Crippen LogP contribution is -2.41. The molecule has 1 atom stereocenters. The molecule has 146 valence electrons. The van der Waals surface area contributed by atoms with E-state index in [1.54, 1.807) is 23.2 Å². The van der Waals surface area contributed by atoms with Crippen molar-refractivity contribution in [3.8, 4) is 0 Å². The van der Waals surface area contributed by atoms with Crippen LogP contribution in [0.3, 0.4) is 0 Å². The molecule has 2 aliphatic heterocycles. The quantitative estimate of drug-likeness (QED) is 0.656. The minimum atomic E-state index is -0.573. The molecule has 29 heavy (non-hydrogen) atoms. The Bertz CT molecular complexity index is 1160. The zero-order chi connectivity index (χ0) is 20.0. The molecule has 0 saturated heterocycles. The largest absolute Gasteiger partial charge is 0.459 e. The van der Waals surface area contributed by atoms with Crippen molar-refractivity contribution in [2.24, 2.45) is 5.73 Å². The second-order valence-corrected chi connectivity index (χ2v) is 7.42. The van der Waals surface area contributed by atoms with Gasteiger partial charge in [0.15, 0.2) is 0 Å². The summed E-state index contributed by atoms with van der Waals surface area (Å²) < 4.78 is 5.94. The number of amides is 2. The van der Waals surface area contributed by atoms with E-state index < -0.39 is 6.04 Å². The fraction of sp³-hybridized carbons (Fsp3) is 0.227. The first-order valence-corrected chi connectivity index (χ1v) is 9.60. The first-order chi connectivity index (χ1) is 14.1. The van der Waals surface area contributed by atoms with Crippen molar-refractivity contribution in [1.82, 2.24) is 9.88 Å². The second kappa shape index (κ2) is 6.86. The maximum atomic E-state index is 12.7. The summed E-state index contributed by atoms with van der Waals surface area (Å²) in [4.78, 5) is 30.4. The number of carbonyl (C=O) groups excluding carboxylic acids is 2. The number of hydrogen-bond acceptors (Lipinski definition) is 5. The maximum Gasteiger partial charge on any atom is 0.246 e. The molecule has 3 aromatic rings. The topological polar surface area (TPSA) is 101 Å². The van der Waals surface area contributed by atoms with Crippen LogP contribution in [0.4, 0.5) is 5.82 Å². The third-order valence-corrected chi connectivity index (χ3v) is 5.48. The summed E-state index contributed by atoms with van der Waals surface area (Å²) in [7, 11) is 0. The van der Waals surface area contributed by atoms with Crippen LogP contribution >= 0.6 is 0 Å². The van der Waals surface area contributed by atoms with Gasteiger partial charge < -0.3 is 20.4 Å². The first kappa shape index (κ1) is 17.6. The van der Waals surface area contributed by atoms with E-state index in [2.05, 4.69) is 16.4 Å². The number of nitrogens with one attached hydrogen (secondary N) is 1. The van der Waals surface area contributed by atoms with Gasteiger partial charge in [-0.25, -0.2) is 4.98 Å². The van der Waals surface area contributed by atoms with Gasteiger partial charge >= 0.3 is 0 Å². The Morgan fingerprint density at radius 1 is 1.34 bits per heavy atom. The monoisotopic (exact) mass is 388 g/mol. The predicted molar refractivity (Wildman–Crippen MR) is 109 cm³/mol. The lowest BCUT2D eigenvalue weighted by molar-refractivity contribution is -0.127. The van der Waals surface area contributed by atoms with E-state index in [0.29, 0.717) is 25.3 Å². The molecule has 7 nitrogen and oxygen atoms in total. The van der Waals surface area contributed by atoms with Gasteiger partial charge in [0.05, 0.1) is 12.6 Å². The van der Waals surface area contributed by atoms with Crippen LogP contribution in [0.25, 0.3) is 17.0 Å². The van der Waals surface area contributed by atoms with Crippen LogP contribution in [0.2, 0.25) is 0 Å². The van der Waals surface area contributed by atoms with Gasteiger partial charge in [-0.1, -0.05) is 18.2 Å². The Balaban J connectivity index is 1.31. The van der Waals surface area contributed by atoms with E-state index in [9.17, 15) is 9.59 Å². The van der Waals surface area contributed by atoms with Crippen LogP contribution in [0.5, 0.6) is 0 Å². The molecule has 3 N–H and O–H groups in total. The fourth-order valence-corrected chi connectivity index (χ4v) is 3.94. The van der Waals surface area contributed by atoms with Gasteiger partial charge in [-0.05, 0) is 35.8 Å². The second-order valence-electron chi connectivity index (χ2n) is 7.42. The van der Waals surface area contributed by atoms with Gasteiger partial charge in [-0.2, -0.15) is 0 Å². The maximum absolute atomic E-state index is 12.7. The number of furan rings is 1. The molecule has 0 radical (unpaired) electrons. The highest BCUT2D eigenvalue weighted by Crippen LogP contribution is 2.30. The van der Waals surface area contributed by atoms with E-state index in [4.69, 9.17) is 10.2 Å². The van der Waals surface area contributed by atoms with Gasteiger partial charge in [-0.15, -0.1) is 0 Å². The average molecular weight is 388 g/mol. The summed E-state index contributed by atoms with van der Waals surface area (Å²) in [6, 6.07) is 9.30. The number of hydrogen-bond donors (Lipinski definition) is 2. The van der Waals surface area contributed by atoms with Crippen molar-refractivity contribution >= 4 is 34.7 Å². The van der Waals surface area contributed by atoms with Gasteiger partial charge in [0.2, 0.25) is 11.8 Å². The van der Waals surface area contributed by atoms with Crippen molar-refractivity contribution in [3.05, 3.63) is 65.1 Å². The first-order valence-electron chi connectivity index (χ1n) is 9.60. The lowest BCUT2D eigenvalue weighted by Gasteiger charge is -2.25. The van der Waals surface area contributed by atoms with Crippen molar-refractivity contribution < 1.29 is 14.0 Å². The zero-order valence-corrected chi connectivity index (χ0v) is 15.7. The predicted octanol–water partition coefficient (Wildman–Crippen LogP) is 2.25. The number of rotatable bonds is 2. The van der Waals surface area contributed by atoms with Crippen LogP contribution in [-0.2, 0) is 29.0 Å². The molecule has 0 spiro atoms. The lowest BCUT2D eigenvalue weighted by atomic mass is 10.0. The molecule has 5 rings (SSSR count). The van der Waals surface area contributed by atoms with Crippen LogP contribution in [-0.4, -0.2) is 34.3 Å². The van der Waals surface area contributed by atoms with Crippen LogP contribution in [0.15, 0.2) is 47.0 Å². The SMILES string of the molecule is NC1Cc2cc(/C=C/C(=O)N3CCc4c(oc5ccccc45)C3)cnc2NC1=O. The van der Waals surface area contributed by atoms with Crippen LogP contribution in [0, 0.1) is 0 Å². The van der Waals surface area contributed by atoms with Gasteiger partial charge in [0.1, 0.15) is 17.2 Å². The molecule has 2 aromatic heterocycles. The zero-order valence-electron chi connectivity index (χ0n) is 15.7. The number of pyridine rings is 1. The Labute approximate surface area is 167 Å².